The summed E-state index contributed by atoms with van der Waals surface area (Å²) in [7, 11) is 1.25. The Morgan fingerprint density at radius 3 is 2.20 bits per heavy atom. The standard InChI is InChI=1S/C9H9Cl2FO2S/c1-9(2,12)6-3-4-8(7(10)5-6)15(11,13)14/h3-5H,1-2H3. The molecule has 15 heavy (non-hydrogen) atoms. The van der Waals surface area contributed by atoms with Gasteiger partial charge < -0.3 is 0 Å². The highest BCUT2D eigenvalue weighted by Gasteiger charge is 2.22. The Hall–Kier alpha value is -0.320. The van der Waals surface area contributed by atoms with Crippen molar-refractivity contribution in [2.75, 3.05) is 0 Å². The molecule has 0 aromatic heterocycles. The van der Waals surface area contributed by atoms with Crippen molar-refractivity contribution in [1.82, 2.24) is 0 Å². The van der Waals surface area contributed by atoms with Crippen molar-refractivity contribution in [3.63, 3.8) is 0 Å². The number of hydrogen-bond acceptors (Lipinski definition) is 2. The van der Waals surface area contributed by atoms with Gasteiger partial charge in [0.1, 0.15) is 10.6 Å². The summed E-state index contributed by atoms with van der Waals surface area (Å²) in [5, 5.41) is -0.0757. The van der Waals surface area contributed by atoms with Crippen molar-refractivity contribution in [3.8, 4) is 0 Å². The van der Waals surface area contributed by atoms with E-state index >= 15 is 0 Å². The molecule has 2 nitrogen and oxygen atoms in total. The van der Waals surface area contributed by atoms with Crippen LogP contribution in [0.2, 0.25) is 5.02 Å². The molecule has 1 aromatic rings. The van der Waals surface area contributed by atoms with Crippen LogP contribution in [0.1, 0.15) is 19.4 Å². The predicted molar refractivity (Wildman–Crippen MR) is 58.6 cm³/mol. The minimum Gasteiger partial charge on any atom is -0.239 e. The highest BCUT2D eigenvalue weighted by molar-refractivity contribution is 8.13. The lowest BCUT2D eigenvalue weighted by atomic mass is 10.0. The van der Waals surface area contributed by atoms with Gasteiger partial charge in [-0.25, -0.2) is 12.8 Å². The zero-order valence-corrected chi connectivity index (χ0v) is 10.4. The normalized spacial score (nSPS) is 12.9. The molecule has 0 bridgehead atoms. The number of benzene rings is 1. The summed E-state index contributed by atoms with van der Waals surface area (Å²) < 4.78 is 35.5. The average Bonchev–Trinajstić information content (AvgIpc) is 1.99. The molecule has 1 rings (SSSR count). The van der Waals surface area contributed by atoms with Gasteiger partial charge in [-0.05, 0) is 31.5 Å². The van der Waals surface area contributed by atoms with Crippen molar-refractivity contribution >= 4 is 31.3 Å². The highest BCUT2D eigenvalue weighted by Crippen LogP contribution is 2.31. The van der Waals surface area contributed by atoms with Crippen LogP contribution in [-0.4, -0.2) is 8.42 Å². The largest absolute Gasteiger partial charge is 0.262 e. The lowest BCUT2D eigenvalue weighted by molar-refractivity contribution is 0.221. The smallest absolute Gasteiger partial charge is 0.239 e. The molecular formula is C9H9Cl2FO2S. The van der Waals surface area contributed by atoms with Crippen LogP contribution >= 0.6 is 22.3 Å². The van der Waals surface area contributed by atoms with Crippen molar-refractivity contribution in [1.29, 1.82) is 0 Å². The molecule has 0 saturated carbocycles. The number of hydrogen-bond donors (Lipinski definition) is 0. The van der Waals surface area contributed by atoms with E-state index in [9.17, 15) is 12.8 Å². The Bertz CT molecular complexity index is 477. The second-order valence-corrected chi connectivity index (χ2v) is 6.50. The molecule has 1 aromatic carbocycles. The third-order valence-corrected chi connectivity index (χ3v) is 3.69. The third kappa shape index (κ3) is 3.06. The fourth-order valence-electron chi connectivity index (χ4n) is 1.07. The molecule has 0 aliphatic rings. The molecule has 0 fully saturated rings. The first-order chi connectivity index (χ1) is 6.62. The van der Waals surface area contributed by atoms with Gasteiger partial charge in [-0.2, -0.15) is 0 Å². The zero-order chi connectivity index (χ0) is 11.9. The molecule has 0 amide bonds. The molecular weight excluding hydrogens is 262 g/mol. The van der Waals surface area contributed by atoms with Crippen molar-refractivity contribution in [3.05, 3.63) is 28.8 Å². The number of rotatable bonds is 2. The minimum atomic E-state index is -3.88. The Labute approximate surface area is 97.4 Å². The Kier molecular flexibility index (Phi) is 3.33. The monoisotopic (exact) mass is 270 g/mol. The first-order valence-electron chi connectivity index (χ1n) is 4.06. The second-order valence-electron chi connectivity index (χ2n) is 3.56. The summed E-state index contributed by atoms with van der Waals surface area (Å²) in [5.74, 6) is 0. The summed E-state index contributed by atoms with van der Waals surface area (Å²) in [4.78, 5) is -0.209. The van der Waals surface area contributed by atoms with E-state index < -0.39 is 14.7 Å². The van der Waals surface area contributed by atoms with Crippen molar-refractivity contribution in [2.24, 2.45) is 0 Å². The molecule has 84 valence electrons. The molecule has 0 saturated heterocycles. The van der Waals surface area contributed by atoms with Crippen LogP contribution in [0.15, 0.2) is 23.1 Å². The van der Waals surface area contributed by atoms with Gasteiger partial charge in [-0.1, -0.05) is 17.7 Å². The molecule has 0 atom stereocenters. The van der Waals surface area contributed by atoms with Crippen LogP contribution in [0, 0.1) is 0 Å². The van der Waals surface area contributed by atoms with E-state index in [1.54, 1.807) is 0 Å². The number of alkyl halides is 1. The SMILES string of the molecule is CC(C)(F)c1ccc(S(=O)(=O)Cl)c(Cl)c1. The fourth-order valence-corrected chi connectivity index (χ4v) is 2.60. The maximum atomic E-state index is 13.5. The Balaban J connectivity index is 3.34. The summed E-state index contributed by atoms with van der Waals surface area (Å²) in [5.41, 5.74) is -1.27. The van der Waals surface area contributed by atoms with Gasteiger partial charge in [0.25, 0.3) is 9.05 Å². The maximum Gasteiger partial charge on any atom is 0.262 e. The summed E-state index contributed by atoms with van der Waals surface area (Å²) in [6.45, 7) is 2.71. The zero-order valence-electron chi connectivity index (χ0n) is 8.09. The number of halogens is 3. The van der Waals surface area contributed by atoms with Gasteiger partial charge in [0.15, 0.2) is 0 Å². The summed E-state index contributed by atoms with van der Waals surface area (Å²) in [6.07, 6.45) is 0. The van der Waals surface area contributed by atoms with Crippen LogP contribution in [-0.2, 0) is 14.7 Å². The highest BCUT2D eigenvalue weighted by atomic mass is 35.7. The second kappa shape index (κ2) is 3.92. The van der Waals surface area contributed by atoms with E-state index in [-0.39, 0.29) is 9.92 Å². The van der Waals surface area contributed by atoms with E-state index in [1.807, 2.05) is 0 Å². The maximum absolute atomic E-state index is 13.5. The van der Waals surface area contributed by atoms with Gasteiger partial charge in [-0.15, -0.1) is 0 Å². The van der Waals surface area contributed by atoms with Gasteiger partial charge in [0.05, 0.1) is 5.02 Å². The quantitative estimate of drug-likeness (QED) is 0.772. The molecule has 6 heteroatoms. The predicted octanol–water partition coefficient (Wildman–Crippen LogP) is 3.47. The molecule has 0 heterocycles. The van der Waals surface area contributed by atoms with Gasteiger partial charge in [-0.3, -0.25) is 0 Å². The molecule has 0 radical (unpaired) electrons. The van der Waals surface area contributed by atoms with Crippen LogP contribution < -0.4 is 0 Å². The van der Waals surface area contributed by atoms with Gasteiger partial charge in [0.2, 0.25) is 0 Å². The van der Waals surface area contributed by atoms with E-state index in [4.69, 9.17) is 22.3 Å². The summed E-state index contributed by atoms with van der Waals surface area (Å²) in [6, 6.07) is 3.80. The lowest BCUT2D eigenvalue weighted by Gasteiger charge is -2.15. The fraction of sp³-hybridized carbons (Fsp3) is 0.333. The van der Waals surface area contributed by atoms with E-state index in [0.717, 1.165) is 0 Å². The first-order valence-corrected chi connectivity index (χ1v) is 6.75. The Morgan fingerprint density at radius 2 is 1.87 bits per heavy atom. The van der Waals surface area contributed by atoms with Crippen LogP contribution in [0.25, 0.3) is 0 Å². The Morgan fingerprint density at radius 1 is 1.33 bits per heavy atom. The summed E-state index contributed by atoms with van der Waals surface area (Å²) >= 11 is 5.69. The van der Waals surface area contributed by atoms with Crippen LogP contribution in [0.4, 0.5) is 4.39 Å². The lowest BCUT2D eigenvalue weighted by Crippen LogP contribution is -2.09. The van der Waals surface area contributed by atoms with Crippen LogP contribution in [0.3, 0.4) is 0 Å². The van der Waals surface area contributed by atoms with Crippen molar-refractivity contribution < 1.29 is 12.8 Å². The van der Waals surface area contributed by atoms with Gasteiger partial charge >= 0.3 is 0 Å². The van der Waals surface area contributed by atoms with E-state index in [0.29, 0.717) is 5.56 Å². The molecule has 0 spiro atoms. The van der Waals surface area contributed by atoms with E-state index in [2.05, 4.69) is 0 Å². The molecule has 0 aliphatic heterocycles. The molecule has 0 aliphatic carbocycles. The minimum absolute atomic E-state index is 0.0757. The molecule has 0 unspecified atom stereocenters. The van der Waals surface area contributed by atoms with E-state index in [1.165, 1.54) is 32.0 Å². The topological polar surface area (TPSA) is 34.1 Å². The third-order valence-electron chi connectivity index (χ3n) is 1.88. The van der Waals surface area contributed by atoms with Crippen LogP contribution in [0.5, 0.6) is 0 Å². The first kappa shape index (κ1) is 12.7. The van der Waals surface area contributed by atoms with Gasteiger partial charge in [0, 0.05) is 10.7 Å². The van der Waals surface area contributed by atoms with Crippen molar-refractivity contribution in [2.45, 2.75) is 24.4 Å². The molecule has 0 N–H and O–H groups in total. The average molecular weight is 271 g/mol.